The molecular weight excluding hydrogens is 775 g/mol. The molecule has 233 valence electrons. The molecule has 0 atom stereocenters. The van der Waals surface area contributed by atoms with Crippen molar-refractivity contribution in [1.29, 1.82) is 0 Å². The van der Waals surface area contributed by atoms with Gasteiger partial charge in [0.15, 0.2) is 0 Å². The molecule has 0 unspecified atom stereocenters. The van der Waals surface area contributed by atoms with E-state index < -0.39 is 46.7 Å². The van der Waals surface area contributed by atoms with Crippen LogP contribution in [0.25, 0.3) is 33.3 Å². The van der Waals surface area contributed by atoms with Crippen molar-refractivity contribution in [2.45, 2.75) is 26.2 Å². The van der Waals surface area contributed by atoms with E-state index in [9.17, 15) is 43.9 Å². The molecule has 0 aliphatic heterocycles. The van der Waals surface area contributed by atoms with Gasteiger partial charge in [0.2, 0.25) is 0 Å². The fourth-order valence-corrected chi connectivity index (χ4v) is 2.70. The molecule has 0 bridgehead atoms. The zero-order chi connectivity index (χ0) is 32.1. The molecule has 4 rings (SSSR count). The van der Waals surface area contributed by atoms with Gasteiger partial charge in [0, 0.05) is 55.8 Å². The molecule has 4 aromatic rings. The summed E-state index contributed by atoms with van der Waals surface area (Å²) in [6, 6.07) is 11.1. The third-order valence-corrected chi connectivity index (χ3v) is 4.41. The standard InChI is InChI=1S/2C12H5F5N.2C2H4N.Ir/c2*13-8-2-3-9(10(14)5-8)11-4-1-7(6-18-11)12(15,16)17;2*1-2-3;/h2*1-2,4-6H;2*2H,1H3;/q4*-1;. The van der Waals surface area contributed by atoms with Crippen LogP contribution >= 0.6 is 0 Å². The van der Waals surface area contributed by atoms with Gasteiger partial charge in [0.1, 0.15) is 0 Å². The van der Waals surface area contributed by atoms with Crippen LogP contribution in [-0.4, -0.2) is 22.4 Å². The van der Waals surface area contributed by atoms with E-state index in [1.807, 2.05) is 0 Å². The van der Waals surface area contributed by atoms with E-state index in [0.29, 0.717) is 24.5 Å². The zero-order valence-corrected chi connectivity index (χ0v) is 24.2. The Morgan fingerprint density at radius 2 is 0.930 bits per heavy atom. The van der Waals surface area contributed by atoms with Crippen LogP contribution in [0.15, 0.2) is 60.9 Å². The van der Waals surface area contributed by atoms with Crippen molar-refractivity contribution in [3.8, 4) is 22.5 Å². The van der Waals surface area contributed by atoms with Crippen LogP contribution in [0.3, 0.4) is 0 Å². The Kier molecular flexibility index (Phi) is 16.2. The molecule has 4 nitrogen and oxygen atoms in total. The molecule has 2 heterocycles. The molecule has 2 aromatic carbocycles. The second kappa shape index (κ2) is 17.9. The van der Waals surface area contributed by atoms with Crippen molar-refractivity contribution >= 4 is 12.4 Å². The zero-order valence-electron chi connectivity index (χ0n) is 21.8. The Morgan fingerprint density at radius 3 is 1.14 bits per heavy atom. The minimum Gasteiger partial charge on any atom is -0.814 e. The second-order valence-electron chi connectivity index (χ2n) is 7.46. The number of pyridine rings is 2. The quantitative estimate of drug-likeness (QED) is 0.116. The van der Waals surface area contributed by atoms with Crippen LogP contribution in [0.5, 0.6) is 0 Å². The first-order chi connectivity index (χ1) is 19.6. The van der Waals surface area contributed by atoms with E-state index in [1.54, 1.807) is 13.8 Å². The van der Waals surface area contributed by atoms with Crippen molar-refractivity contribution in [3.63, 3.8) is 0 Å². The van der Waals surface area contributed by atoms with Gasteiger partial charge in [-0.05, 0) is 11.4 Å². The Labute approximate surface area is 253 Å². The predicted octanol–water partition coefficient (Wildman–Crippen LogP) is 8.98. The third-order valence-electron chi connectivity index (χ3n) is 4.41. The Bertz CT molecular complexity index is 1330. The van der Waals surface area contributed by atoms with Crippen molar-refractivity contribution < 1.29 is 64.0 Å². The summed E-state index contributed by atoms with van der Waals surface area (Å²) in [7, 11) is 0. The number of halogens is 10. The van der Waals surface area contributed by atoms with Crippen molar-refractivity contribution in [3.05, 3.63) is 118 Å². The fraction of sp³-hybridized carbons (Fsp3) is 0.143. The fourth-order valence-electron chi connectivity index (χ4n) is 2.70. The van der Waals surface area contributed by atoms with Gasteiger partial charge in [0.05, 0.1) is 11.1 Å². The molecule has 0 saturated heterocycles. The summed E-state index contributed by atoms with van der Waals surface area (Å²) in [4.78, 5) is 6.98. The van der Waals surface area contributed by atoms with Gasteiger partial charge in [-0.1, -0.05) is 61.4 Å². The molecule has 15 heteroatoms. The molecule has 0 N–H and O–H groups in total. The molecule has 0 aliphatic carbocycles. The van der Waals surface area contributed by atoms with Crippen LogP contribution in [0.4, 0.5) is 43.9 Å². The van der Waals surface area contributed by atoms with Crippen LogP contribution in [-0.2, 0) is 32.5 Å². The maximum Gasteiger partial charge on any atom is 0.417 e. The summed E-state index contributed by atoms with van der Waals surface area (Å²) < 4.78 is 126. The maximum atomic E-state index is 13.3. The van der Waals surface area contributed by atoms with Crippen molar-refractivity contribution in [2.24, 2.45) is 0 Å². The largest absolute Gasteiger partial charge is 0.814 e. The molecular formula is C28H18F10IrN4-4. The number of aromatic nitrogens is 2. The molecule has 0 amide bonds. The number of alkyl halides is 6. The number of hydrogen-bond acceptors (Lipinski definition) is 2. The number of hydrogen-bond donors (Lipinski definition) is 0. The van der Waals surface area contributed by atoms with E-state index in [-0.39, 0.29) is 42.6 Å². The minimum atomic E-state index is -4.50. The third kappa shape index (κ3) is 12.8. The summed E-state index contributed by atoms with van der Waals surface area (Å²) in [5.74, 6) is -3.49. The number of nitrogens with zero attached hydrogens (tertiary/aromatic N) is 4. The Morgan fingerprint density at radius 1 is 0.628 bits per heavy atom. The van der Waals surface area contributed by atoms with Crippen LogP contribution in [0.2, 0.25) is 0 Å². The van der Waals surface area contributed by atoms with Gasteiger partial charge in [-0.25, -0.2) is 12.4 Å². The Balaban J connectivity index is 0.000000680. The molecule has 2 aromatic heterocycles. The van der Waals surface area contributed by atoms with Crippen molar-refractivity contribution in [2.75, 3.05) is 0 Å². The first-order valence-electron chi connectivity index (χ1n) is 11.2. The van der Waals surface area contributed by atoms with Crippen LogP contribution in [0, 0.1) is 35.4 Å². The summed E-state index contributed by atoms with van der Waals surface area (Å²) in [6.07, 6.45) is -5.83. The smallest absolute Gasteiger partial charge is 0.417 e. The van der Waals surface area contributed by atoms with Crippen LogP contribution in [0.1, 0.15) is 25.0 Å². The first kappa shape index (κ1) is 39.0. The molecule has 0 aliphatic rings. The first-order valence-corrected chi connectivity index (χ1v) is 11.2. The van der Waals surface area contributed by atoms with Gasteiger partial charge in [-0.3, -0.25) is 17.6 Å². The SMILES string of the molecule is CC=[N-].CC=[N-].Fc1c[c-]c(-c2ccc(C(F)(F)F)cn2)c(F)c1.Fc1c[c-]c(-c2ccc(C(F)(F)F)cn2)c(F)c1.[Ir]. The number of rotatable bonds is 2. The summed E-state index contributed by atoms with van der Waals surface area (Å²) >= 11 is 0. The average Bonchev–Trinajstić information content (AvgIpc) is 2.89. The maximum absolute atomic E-state index is 13.3. The molecule has 0 saturated carbocycles. The topological polar surface area (TPSA) is 70.4 Å². The average molecular weight is 793 g/mol. The molecule has 43 heavy (non-hydrogen) atoms. The van der Waals surface area contributed by atoms with E-state index >= 15 is 0 Å². The van der Waals surface area contributed by atoms with Crippen LogP contribution < -0.4 is 0 Å². The van der Waals surface area contributed by atoms with Gasteiger partial charge >= 0.3 is 12.4 Å². The van der Waals surface area contributed by atoms with E-state index in [1.165, 1.54) is 0 Å². The number of benzene rings is 2. The van der Waals surface area contributed by atoms with Gasteiger partial charge < -0.3 is 20.8 Å². The minimum absolute atomic E-state index is 0. The molecule has 1 radical (unpaired) electrons. The summed E-state index contributed by atoms with van der Waals surface area (Å²) in [6.45, 7) is 3.11. The van der Waals surface area contributed by atoms with Crippen molar-refractivity contribution in [1.82, 2.24) is 9.97 Å². The molecule has 0 fully saturated rings. The summed E-state index contributed by atoms with van der Waals surface area (Å²) in [5.41, 5.74) is -2.31. The van der Waals surface area contributed by atoms with Gasteiger partial charge in [-0.2, -0.15) is 26.3 Å². The van der Waals surface area contributed by atoms with E-state index in [0.717, 1.165) is 48.8 Å². The summed E-state index contributed by atoms with van der Waals surface area (Å²) in [5, 5.41) is 14.9. The second-order valence-corrected chi connectivity index (χ2v) is 7.46. The van der Waals surface area contributed by atoms with E-state index in [4.69, 9.17) is 10.8 Å². The van der Waals surface area contributed by atoms with E-state index in [2.05, 4.69) is 22.1 Å². The van der Waals surface area contributed by atoms with Gasteiger partial charge in [-0.15, -0.1) is 24.3 Å². The van der Waals surface area contributed by atoms with Gasteiger partial charge in [0.25, 0.3) is 0 Å². The molecule has 0 spiro atoms. The predicted molar refractivity (Wildman–Crippen MR) is 137 cm³/mol. The Hall–Kier alpha value is -3.97. The monoisotopic (exact) mass is 793 g/mol. The normalized spacial score (nSPS) is 10.3.